The van der Waals surface area contributed by atoms with Crippen molar-refractivity contribution in [3.8, 4) is 0 Å². The maximum atomic E-state index is 12.7. The van der Waals surface area contributed by atoms with E-state index >= 15 is 0 Å². The molecule has 0 spiro atoms. The third kappa shape index (κ3) is 3.22. The molecule has 0 atom stereocenters. The Morgan fingerprint density at radius 1 is 0.684 bits per heavy atom. The van der Waals surface area contributed by atoms with Gasteiger partial charge < -0.3 is 4.74 Å². The van der Waals surface area contributed by atoms with Gasteiger partial charge in [0.05, 0.1) is 11.1 Å². The molecule has 0 aliphatic heterocycles. The third-order valence-electron chi connectivity index (χ3n) is 2.35. The Morgan fingerprint density at radius 3 is 1.32 bits per heavy atom. The summed E-state index contributed by atoms with van der Waals surface area (Å²) in [6.07, 6.45) is 0. The molecule has 0 amide bonds. The molecule has 0 saturated heterocycles. The highest BCUT2D eigenvalue weighted by Gasteiger charge is 2.14. The van der Waals surface area contributed by atoms with E-state index in [0.717, 1.165) is 24.3 Å². The van der Waals surface area contributed by atoms with E-state index in [1.54, 1.807) is 0 Å². The van der Waals surface area contributed by atoms with Gasteiger partial charge >= 0.3 is 11.9 Å². The van der Waals surface area contributed by atoms with Crippen LogP contribution in [0.3, 0.4) is 0 Å². The van der Waals surface area contributed by atoms with Crippen LogP contribution in [0, 0.1) is 11.6 Å². The zero-order valence-corrected chi connectivity index (χ0v) is 9.60. The average molecular weight is 262 g/mol. The van der Waals surface area contributed by atoms with E-state index in [9.17, 15) is 18.4 Å². The molecule has 0 radical (unpaired) electrons. The van der Waals surface area contributed by atoms with E-state index < -0.39 is 23.6 Å². The van der Waals surface area contributed by atoms with Crippen LogP contribution in [0.5, 0.6) is 0 Å². The molecule has 0 aromatic heterocycles. The molecular formula is C14H8F2O3. The summed E-state index contributed by atoms with van der Waals surface area (Å²) in [7, 11) is 0. The molecule has 19 heavy (non-hydrogen) atoms. The van der Waals surface area contributed by atoms with Crippen molar-refractivity contribution in [1.29, 1.82) is 0 Å². The molecule has 0 heterocycles. The fourth-order valence-electron chi connectivity index (χ4n) is 1.37. The van der Waals surface area contributed by atoms with Gasteiger partial charge in [0.1, 0.15) is 11.6 Å². The maximum Gasteiger partial charge on any atom is 0.346 e. The van der Waals surface area contributed by atoms with Crippen LogP contribution in [-0.4, -0.2) is 11.9 Å². The first-order valence-corrected chi connectivity index (χ1v) is 5.34. The second-order valence-electron chi connectivity index (χ2n) is 3.69. The smallest absolute Gasteiger partial charge is 0.346 e. The number of esters is 2. The maximum absolute atomic E-state index is 12.7. The van der Waals surface area contributed by atoms with E-state index in [2.05, 4.69) is 4.74 Å². The van der Waals surface area contributed by atoms with Gasteiger partial charge in [0.2, 0.25) is 0 Å². The van der Waals surface area contributed by atoms with E-state index in [4.69, 9.17) is 0 Å². The van der Waals surface area contributed by atoms with Crippen LogP contribution >= 0.6 is 0 Å². The number of halogens is 2. The van der Waals surface area contributed by atoms with Crippen molar-refractivity contribution >= 4 is 11.9 Å². The number of carbonyl (C=O) groups excluding carboxylic acids is 2. The highest BCUT2D eigenvalue weighted by atomic mass is 19.1. The molecule has 0 aliphatic rings. The Kier molecular flexibility index (Phi) is 3.66. The number of carbonyl (C=O) groups is 2. The number of rotatable bonds is 2. The number of hydrogen-bond donors (Lipinski definition) is 0. The normalized spacial score (nSPS) is 10.0. The summed E-state index contributed by atoms with van der Waals surface area (Å²) in [6, 6.07) is 9.15. The van der Waals surface area contributed by atoms with Gasteiger partial charge in [0.15, 0.2) is 0 Å². The molecule has 5 heteroatoms. The molecule has 0 fully saturated rings. The average Bonchev–Trinajstić information content (AvgIpc) is 2.40. The molecule has 0 N–H and O–H groups in total. The Bertz CT molecular complexity index is 548. The Hall–Kier alpha value is -2.56. The van der Waals surface area contributed by atoms with Crippen LogP contribution in [0.4, 0.5) is 8.78 Å². The van der Waals surface area contributed by atoms with Crippen LogP contribution < -0.4 is 0 Å². The topological polar surface area (TPSA) is 43.4 Å². The number of ether oxygens (including phenoxy) is 1. The summed E-state index contributed by atoms with van der Waals surface area (Å²) in [5.41, 5.74) is 0.105. The number of hydrogen-bond acceptors (Lipinski definition) is 3. The van der Waals surface area contributed by atoms with Crippen molar-refractivity contribution in [2.75, 3.05) is 0 Å². The monoisotopic (exact) mass is 262 g/mol. The van der Waals surface area contributed by atoms with Crippen molar-refractivity contribution in [2.24, 2.45) is 0 Å². The Morgan fingerprint density at radius 2 is 1.00 bits per heavy atom. The second-order valence-corrected chi connectivity index (χ2v) is 3.69. The van der Waals surface area contributed by atoms with Gasteiger partial charge in [-0.2, -0.15) is 0 Å². The number of benzene rings is 2. The molecule has 3 nitrogen and oxygen atoms in total. The first-order chi connectivity index (χ1) is 9.06. The minimum absolute atomic E-state index is 0.0526. The molecule has 0 unspecified atom stereocenters. The molecule has 2 aromatic carbocycles. The van der Waals surface area contributed by atoms with Crippen LogP contribution in [0.25, 0.3) is 0 Å². The van der Waals surface area contributed by atoms with Gasteiger partial charge in [-0.3, -0.25) is 0 Å². The predicted molar refractivity (Wildman–Crippen MR) is 62.5 cm³/mol. The Balaban J connectivity index is 2.08. The van der Waals surface area contributed by atoms with E-state index in [1.165, 1.54) is 24.3 Å². The van der Waals surface area contributed by atoms with Crippen LogP contribution in [0.15, 0.2) is 48.5 Å². The zero-order chi connectivity index (χ0) is 13.8. The van der Waals surface area contributed by atoms with E-state index in [-0.39, 0.29) is 11.1 Å². The first-order valence-electron chi connectivity index (χ1n) is 5.34. The van der Waals surface area contributed by atoms with E-state index in [0.29, 0.717) is 0 Å². The standard InChI is InChI=1S/C14H8F2O3/c15-11-5-1-9(2-6-11)13(17)19-14(18)10-3-7-12(16)8-4-10/h1-8H. The van der Waals surface area contributed by atoms with Gasteiger partial charge in [-0.15, -0.1) is 0 Å². The van der Waals surface area contributed by atoms with Gasteiger partial charge in [-0.05, 0) is 48.5 Å². The van der Waals surface area contributed by atoms with Crippen molar-refractivity contribution in [1.82, 2.24) is 0 Å². The van der Waals surface area contributed by atoms with Gasteiger partial charge in [-0.1, -0.05) is 0 Å². The summed E-state index contributed by atoms with van der Waals surface area (Å²) in [4.78, 5) is 23.1. The van der Waals surface area contributed by atoms with Crippen LogP contribution in [0.1, 0.15) is 20.7 Å². The minimum Gasteiger partial charge on any atom is -0.386 e. The molecule has 2 rings (SSSR count). The van der Waals surface area contributed by atoms with Gasteiger partial charge in [0, 0.05) is 0 Å². The lowest BCUT2D eigenvalue weighted by Crippen LogP contribution is -2.12. The molecule has 2 aromatic rings. The van der Waals surface area contributed by atoms with Crippen molar-refractivity contribution in [3.05, 3.63) is 71.3 Å². The van der Waals surface area contributed by atoms with Gasteiger partial charge in [0.25, 0.3) is 0 Å². The molecular weight excluding hydrogens is 254 g/mol. The fraction of sp³-hybridized carbons (Fsp3) is 0. The zero-order valence-electron chi connectivity index (χ0n) is 9.60. The molecule has 0 aliphatic carbocycles. The third-order valence-corrected chi connectivity index (χ3v) is 2.35. The van der Waals surface area contributed by atoms with Gasteiger partial charge in [-0.25, -0.2) is 18.4 Å². The van der Waals surface area contributed by atoms with E-state index in [1.807, 2.05) is 0 Å². The second kappa shape index (κ2) is 5.39. The van der Waals surface area contributed by atoms with Crippen molar-refractivity contribution in [3.63, 3.8) is 0 Å². The lowest BCUT2D eigenvalue weighted by Gasteiger charge is -2.03. The summed E-state index contributed by atoms with van der Waals surface area (Å²) in [5, 5.41) is 0. The van der Waals surface area contributed by atoms with Crippen LogP contribution in [-0.2, 0) is 4.74 Å². The SMILES string of the molecule is O=C(OC(=O)c1ccc(F)cc1)c1ccc(F)cc1. The Labute approximate surface area is 107 Å². The first kappa shape index (κ1) is 12.9. The minimum atomic E-state index is -0.894. The molecule has 96 valence electrons. The quantitative estimate of drug-likeness (QED) is 0.617. The molecule has 0 saturated carbocycles. The lowest BCUT2D eigenvalue weighted by molar-refractivity contribution is 0.0398. The van der Waals surface area contributed by atoms with Crippen molar-refractivity contribution < 1.29 is 23.1 Å². The lowest BCUT2D eigenvalue weighted by atomic mass is 10.2. The largest absolute Gasteiger partial charge is 0.386 e. The summed E-state index contributed by atoms with van der Waals surface area (Å²) < 4.78 is 29.9. The van der Waals surface area contributed by atoms with Crippen LogP contribution in [0.2, 0.25) is 0 Å². The summed E-state index contributed by atoms with van der Waals surface area (Å²) >= 11 is 0. The summed E-state index contributed by atoms with van der Waals surface area (Å²) in [5.74, 6) is -2.79. The highest BCUT2D eigenvalue weighted by molar-refractivity contribution is 6.02. The fourth-order valence-corrected chi connectivity index (χ4v) is 1.37. The molecule has 0 bridgehead atoms. The summed E-state index contributed by atoms with van der Waals surface area (Å²) in [6.45, 7) is 0. The van der Waals surface area contributed by atoms with Crippen molar-refractivity contribution in [2.45, 2.75) is 0 Å². The predicted octanol–water partition coefficient (Wildman–Crippen LogP) is 2.96. The highest BCUT2D eigenvalue weighted by Crippen LogP contribution is 2.08.